The maximum Gasteiger partial charge on any atom is 0.223 e. The minimum atomic E-state index is 0.292. The summed E-state index contributed by atoms with van der Waals surface area (Å²) in [4.78, 5) is 14.5. The molecule has 0 aromatic heterocycles. The molecular formula is C17H25NO2. The first kappa shape index (κ1) is 14.9. The highest BCUT2D eigenvalue weighted by molar-refractivity contribution is 5.77. The van der Waals surface area contributed by atoms with Gasteiger partial charge in [0.2, 0.25) is 5.91 Å². The Morgan fingerprint density at radius 2 is 1.80 bits per heavy atom. The van der Waals surface area contributed by atoms with Gasteiger partial charge in [0.05, 0.1) is 7.11 Å². The molecule has 2 atom stereocenters. The van der Waals surface area contributed by atoms with Gasteiger partial charge in [0.1, 0.15) is 5.75 Å². The highest BCUT2D eigenvalue weighted by atomic mass is 16.5. The number of aryl methyl sites for hydroxylation is 1. The van der Waals surface area contributed by atoms with Crippen LogP contribution in [0.4, 0.5) is 0 Å². The lowest BCUT2D eigenvalue weighted by Crippen LogP contribution is -2.47. The summed E-state index contributed by atoms with van der Waals surface area (Å²) < 4.78 is 5.14. The van der Waals surface area contributed by atoms with E-state index in [2.05, 4.69) is 18.7 Å². The van der Waals surface area contributed by atoms with Crippen LogP contribution in [0.25, 0.3) is 0 Å². The van der Waals surface area contributed by atoms with Crippen molar-refractivity contribution in [3.8, 4) is 5.75 Å². The third-order valence-electron chi connectivity index (χ3n) is 4.27. The van der Waals surface area contributed by atoms with Crippen LogP contribution in [-0.2, 0) is 11.2 Å². The Morgan fingerprint density at radius 3 is 2.35 bits per heavy atom. The van der Waals surface area contributed by atoms with E-state index < -0.39 is 0 Å². The number of carbonyl (C=O) groups is 1. The highest BCUT2D eigenvalue weighted by Gasteiger charge is 2.28. The molecule has 0 spiro atoms. The topological polar surface area (TPSA) is 29.5 Å². The van der Waals surface area contributed by atoms with Crippen LogP contribution in [0.15, 0.2) is 24.3 Å². The fourth-order valence-corrected chi connectivity index (χ4v) is 3.09. The van der Waals surface area contributed by atoms with E-state index in [1.807, 2.05) is 24.3 Å². The van der Waals surface area contributed by atoms with Crippen LogP contribution in [-0.4, -0.2) is 30.0 Å². The first-order valence-electron chi connectivity index (χ1n) is 7.56. The van der Waals surface area contributed by atoms with Crippen LogP contribution in [0.3, 0.4) is 0 Å². The quantitative estimate of drug-likeness (QED) is 0.842. The van der Waals surface area contributed by atoms with Gasteiger partial charge in [0.15, 0.2) is 0 Å². The number of amides is 1. The maximum atomic E-state index is 12.4. The van der Waals surface area contributed by atoms with Gasteiger partial charge in [-0.3, -0.25) is 4.79 Å². The average molecular weight is 275 g/mol. The molecule has 20 heavy (non-hydrogen) atoms. The van der Waals surface area contributed by atoms with Crippen molar-refractivity contribution < 1.29 is 9.53 Å². The summed E-state index contributed by atoms with van der Waals surface area (Å²) >= 11 is 0. The summed E-state index contributed by atoms with van der Waals surface area (Å²) in [6.45, 7) is 4.34. The van der Waals surface area contributed by atoms with Crippen molar-refractivity contribution in [2.45, 2.75) is 58.0 Å². The van der Waals surface area contributed by atoms with Gasteiger partial charge in [0, 0.05) is 18.5 Å². The van der Waals surface area contributed by atoms with E-state index in [0.29, 0.717) is 24.4 Å². The number of hydrogen-bond donors (Lipinski definition) is 0. The molecule has 1 aliphatic rings. The van der Waals surface area contributed by atoms with E-state index in [-0.39, 0.29) is 0 Å². The summed E-state index contributed by atoms with van der Waals surface area (Å²) in [5.74, 6) is 1.15. The lowest BCUT2D eigenvalue weighted by Gasteiger charge is -2.39. The summed E-state index contributed by atoms with van der Waals surface area (Å²) in [6, 6.07) is 8.76. The molecule has 0 radical (unpaired) electrons. The Labute approximate surface area is 121 Å². The van der Waals surface area contributed by atoms with Crippen molar-refractivity contribution in [3.05, 3.63) is 29.8 Å². The number of piperidine rings is 1. The van der Waals surface area contributed by atoms with Crippen LogP contribution in [0.1, 0.15) is 45.1 Å². The number of hydrogen-bond acceptors (Lipinski definition) is 2. The van der Waals surface area contributed by atoms with Crippen molar-refractivity contribution in [2.24, 2.45) is 0 Å². The second-order valence-corrected chi connectivity index (χ2v) is 5.78. The molecule has 1 fully saturated rings. The molecule has 3 heteroatoms. The van der Waals surface area contributed by atoms with Gasteiger partial charge in [-0.15, -0.1) is 0 Å². The standard InChI is InChI=1S/C17H25NO2/c1-13-5-4-6-14(2)18(13)17(19)12-9-15-7-10-16(20-3)11-8-15/h7-8,10-11,13-14H,4-6,9,12H2,1-3H3. The van der Waals surface area contributed by atoms with Crippen LogP contribution < -0.4 is 4.74 Å². The SMILES string of the molecule is COc1ccc(CCC(=O)N2C(C)CCCC2C)cc1. The predicted octanol–water partition coefficient (Wildman–Crippen LogP) is 3.42. The smallest absolute Gasteiger partial charge is 0.223 e. The van der Waals surface area contributed by atoms with Gasteiger partial charge >= 0.3 is 0 Å². The number of nitrogens with zero attached hydrogens (tertiary/aromatic N) is 1. The van der Waals surface area contributed by atoms with E-state index in [1.54, 1.807) is 7.11 Å². The molecule has 2 unspecified atom stereocenters. The largest absolute Gasteiger partial charge is 0.497 e. The van der Waals surface area contributed by atoms with Gasteiger partial charge in [-0.25, -0.2) is 0 Å². The lowest BCUT2D eigenvalue weighted by molar-refractivity contribution is -0.137. The number of rotatable bonds is 4. The summed E-state index contributed by atoms with van der Waals surface area (Å²) in [6.07, 6.45) is 4.92. The average Bonchev–Trinajstić information content (AvgIpc) is 2.45. The van der Waals surface area contributed by atoms with E-state index in [1.165, 1.54) is 12.0 Å². The Balaban J connectivity index is 1.90. The van der Waals surface area contributed by atoms with E-state index in [9.17, 15) is 4.79 Å². The van der Waals surface area contributed by atoms with Gasteiger partial charge in [-0.05, 0) is 57.2 Å². The van der Waals surface area contributed by atoms with Gasteiger partial charge in [-0.2, -0.15) is 0 Å². The zero-order chi connectivity index (χ0) is 14.5. The fraction of sp³-hybridized carbons (Fsp3) is 0.588. The molecule has 2 rings (SSSR count). The van der Waals surface area contributed by atoms with E-state index in [4.69, 9.17) is 4.74 Å². The number of carbonyl (C=O) groups excluding carboxylic acids is 1. The number of benzene rings is 1. The fourth-order valence-electron chi connectivity index (χ4n) is 3.09. The van der Waals surface area contributed by atoms with Crippen molar-refractivity contribution in [3.63, 3.8) is 0 Å². The van der Waals surface area contributed by atoms with Crippen LogP contribution in [0, 0.1) is 0 Å². The minimum Gasteiger partial charge on any atom is -0.497 e. The monoisotopic (exact) mass is 275 g/mol. The van der Waals surface area contributed by atoms with Crippen LogP contribution in [0.2, 0.25) is 0 Å². The van der Waals surface area contributed by atoms with Crippen molar-refractivity contribution in [1.29, 1.82) is 0 Å². The number of ether oxygens (including phenoxy) is 1. The lowest BCUT2D eigenvalue weighted by atomic mass is 9.96. The number of likely N-dealkylation sites (tertiary alicyclic amines) is 1. The predicted molar refractivity (Wildman–Crippen MR) is 80.9 cm³/mol. The zero-order valence-electron chi connectivity index (χ0n) is 12.8. The second kappa shape index (κ2) is 6.78. The Hall–Kier alpha value is -1.51. The molecule has 110 valence electrons. The first-order chi connectivity index (χ1) is 9.61. The molecule has 1 saturated heterocycles. The van der Waals surface area contributed by atoms with E-state index in [0.717, 1.165) is 25.0 Å². The van der Waals surface area contributed by atoms with Crippen LogP contribution >= 0.6 is 0 Å². The molecule has 0 bridgehead atoms. The summed E-state index contributed by atoms with van der Waals surface area (Å²) in [5.41, 5.74) is 1.19. The van der Waals surface area contributed by atoms with E-state index >= 15 is 0 Å². The molecule has 1 aromatic rings. The normalized spacial score (nSPS) is 22.6. The second-order valence-electron chi connectivity index (χ2n) is 5.78. The Kier molecular flexibility index (Phi) is 5.05. The van der Waals surface area contributed by atoms with Gasteiger partial charge in [-0.1, -0.05) is 12.1 Å². The minimum absolute atomic E-state index is 0.292. The Morgan fingerprint density at radius 1 is 1.20 bits per heavy atom. The summed E-state index contributed by atoms with van der Waals surface area (Å²) in [5, 5.41) is 0. The third-order valence-corrected chi connectivity index (χ3v) is 4.27. The highest BCUT2D eigenvalue weighted by Crippen LogP contribution is 2.23. The molecule has 1 heterocycles. The zero-order valence-corrected chi connectivity index (χ0v) is 12.8. The molecule has 1 aliphatic heterocycles. The van der Waals surface area contributed by atoms with Crippen molar-refractivity contribution >= 4 is 5.91 Å². The Bertz CT molecular complexity index is 431. The van der Waals surface area contributed by atoms with Gasteiger partial charge in [0.25, 0.3) is 0 Å². The molecule has 0 N–H and O–H groups in total. The molecule has 0 saturated carbocycles. The maximum absolute atomic E-state index is 12.4. The third kappa shape index (κ3) is 3.53. The molecule has 1 aromatic carbocycles. The number of methoxy groups -OCH3 is 1. The van der Waals surface area contributed by atoms with Gasteiger partial charge < -0.3 is 9.64 Å². The molecule has 3 nitrogen and oxygen atoms in total. The van der Waals surface area contributed by atoms with Crippen molar-refractivity contribution in [1.82, 2.24) is 4.90 Å². The molecule has 1 amide bonds. The molecular weight excluding hydrogens is 250 g/mol. The first-order valence-corrected chi connectivity index (χ1v) is 7.56. The molecule has 0 aliphatic carbocycles. The van der Waals surface area contributed by atoms with Crippen molar-refractivity contribution in [2.75, 3.05) is 7.11 Å². The summed E-state index contributed by atoms with van der Waals surface area (Å²) in [7, 11) is 1.66. The van der Waals surface area contributed by atoms with Crippen LogP contribution in [0.5, 0.6) is 5.75 Å².